The molecule has 0 aromatic carbocycles. The molecule has 0 atom stereocenters. The van der Waals surface area contributed by atoms with E-state index in [1.54, 1.807) is 0 Å². The number of likely N-dealkylation sites (tertiary alicyclic amines) is 1. The van der Waals surface area contributed by atoms with Gasteiger partial charge in [-0.2, -0.15) is 0 Å². The minimum Gasteiger partial charge on any atom is -0.335 e. The molecule has 1 aliphatic rings. The van der Waals surface area contributed by atoms with Crippen molar-refractivity contribution in [3.8, 4) is 0 Å². The molecule has 0 aliphatic carbocycles. The number of urea groups is 1. The first-order valence-corrected chi connectivity index (χ1v) is 6.74. The minimum atomic E-state index is -0.160. The lowest BCUT2D eigenvalue weighted by molar-refractivity contribution is 0.221. The Labute approximate surface area is 114 Å². The summed E-state index contributed by atoms with van der Waals surface area (Å²) in [5, 5.41) is 5.82. The Morgan fingerprint density at radius 1 is 1.32 bits per heavy atom. The van der Waals surface area contributed by atoms with Crippen LogP contribution in [0.5, 0.6) is 0 Å². The van der Waals surface area contributed by atoms with Crippen LogP contribution in [-0.2, 0) is 0 Å². The van der Waals surface area contributed by atoms with Crippen LogP contribution in [0, 0.1) is 13.8 Å². The molecule has 2 heterocycles. The Bertz CT molecular complexity index is 433. The van der Waals surface area contributed by atoms with E-state index in [4.69, 9.17) is 0 Å². The summed E-state index contributed by atoms with van der Waals surface area (Å²) in [6.45, 7) is 5.99. The van der Waals surface area contributed by atoms with Crippen LogP contribution < -0.4 is 10.6 Å². The first-order valence-electron chi connectivity index (χ1n) is 6.74. The second-order valence-electron chi connectivity index (χ2n) is 5.35. The van der Waals surface area contributed by atoms with Crippen molar-refractivity contribution in [3.63, 3.8) is 0 Å². The number of hydrogen-bond donors (Lipinski definition) is 2. The lowest BCUT2D eigenvalue weighted by atomic mass is 10.1. The number of nitrogens with zero attached hydrogens (tertiary/aromatic N) is 2. The number of aryl methyl sites for hydroxylation is 2. The molecule has 0 unspecified atom stereocenters. The maximum Gasteiger partial charge on any atom is 0.320 e. The number of carbonyl (C=O) groups is 1. The van der Waals surface area contributed by atoms with E-state index >= 15 is 0 Å². The molecule has 0 saturated carbocycles. The van der Waals surface area contributed by atoms with Crippen LogP contribution in [0.15, 0.2) is 12.1 Å². The lowest BCUT2D eigenvalue weighted by Crippen LogP contribution is -2.44. The number of hydrogen-bond acceptors (Lipinski definition) is 3. The van der Waals surface area contributed by atoms with Crippen LogP contribution in [0.2, 0.25) is 0 Å². The summed E-state index contributed by atoms with van der Waals surface area (Å²) in [5.41, 5.74) is 2.01. The summed E-state index contributed by atoms with van der Waals surface area (Å²) in [6, 6.07) is 3.97. The molecule has 0 bridgehead atoms. The minimum absolute atomic E-state index is 0.160. The van der Waals surface area contributed by atoms with Crippen molar-refractivity contribution < 1.29 is 4.79 Å². The number of rotatable bonds is 2. The zero-order valence-corrected chi connectivity index (χ0v) is 11.9. The second-order valence-corrected chi connectivity index (χ2v) is 5.35. The van der Waals surface area contributed by atoms with E-state index in [9.17, 15) is 4.79 Å². The maximum absolute atomic E-state index is 11.9. The standard InChI is InChI=1S/C14H22N4O/c1-10-8-11(2)15-13(9-10)17-14(19)16-12-4-6-18(3)7-5-12/h8-9,12H,4-7H2,1-3H3,(H2,15,16,17,19). The number of anilines is 1. The monoisotopic (exact) mass is 262 g/mol. The van der Waals surface area contributed by atoms with E-state index in [1.165, 1.54) is 0 Å². The number of carbonyl (C=O) groups excluding carboxylic acids is 1. The highest BCUT2D eigenvalue weighted by atomic mass is 16.2. The first-order chi connectivity index (χ1) is 9.02. The fraction of sp³-hybridized carbons (Fsp3) is 0.571. The number of pyridine rings is 1. The molecule has 1 aromatic heterocycles. The van der Waals surface area contributed by atoms with Gasteiger partial charge in [0.2, 0.25) is 0 Å². The maximum atomic E-state index is 11.9. The van der Waals surface area contributed by atoms with Crippen LogP contribution in [-0.4, -0.2) is 42.1 Å². The Hall–Kier alpha value is -1.62. The van der Waals surface area contributed by atoms with Gasteiger partial charge < -0.3 is 10.2 Å². The second kappa shape index (κ2) is 6.02. The molecule has 2 amide bonds. The average Bonchev–Trinajstić information content (AvgIpc) is 2.30. The van der Waals surface area contributed by atoms with E-state index < -0.39 is 0 Å². The zero-order chi connectivity index (χ0) is 13.8. The SMILES string of the molecule is Cc1cc(C)nc(NC(=O)NC2CCN(C)CC2)c1. The molecule has 104 valence electrons. The third-order valence-electron chi connectivity index (χ3n) is 3.39. The van der Waals surface area contributed by atoms with Crippen LogP contribution in [0.4, 0.5) is 10.6 Å². The summed E-state index contributed by atoms with van der Waals surface area (Å²) in [7, 11) is 2.11. The highest BCUT2D eigenvalue weighted by Crippen LogP contribution is 2.10. The van der Waals surface area contributed by atoms with Gasteiger partial charge >= 0.3 is 6.03 Å². The quantitative estimate of drug-likeness (QED) is 0.856. The third kappa shape index (κ3) is 4.21. The molecule has 19 heavy (non-hydrogen) atoms. The highest BCUT2D eigenvalue weighted by Gasteiger charge is 2.18. The van der Waals surface area contributed by atoms with Crippen molar-refractivity contribution in [2.45, 2.75) is 32.7 Å². The van der Waals surface area contributed by atoms with E-state index in [2.05, 4.69) is 27.6 Å². The van der Waals surface area contributed by atoms with Crippen molar-refractivity contribution in [2.75, 3.05) is 25.5 Å². The van der Waals surface area contributed by atoms with Crippen LogP contribution >= 0.6 is 0 Å². The van der Waals surface area contributed by atoms with E-state index in [0.29, 0.717) is 5.82 Å². The zero-order valence-electron chi connectivity index (χ0n) is 11.9. The third-order valence-corrected chi connectivity index (χ3v) is 3.39. The number of aromatic nitrogens is 1. The molecule has 2 rings (SSSR count). The number of piperidine rings is 1. The summed E-state index contributed by atoms with van der Waals surface area (Å²) in [6.07, 6.45) is 2.01. The Morgan fingerprint density at radius 3 is 2.63 bits per heavy atom. The van der Waals surface area contributed by atoms with Crippen molar-refractivity contribution in [2.24, 2.45) is 0 Å². The first kappa shape index (κ1) is 13.8. The fourth-order valence-corrected chi connectivity index (χ4v) is 2.40. The van der Waals surface area contributed by atoms with Gasteiger partial charge in [0.1, 0.15) is 5.82 Å². The molecule has 1 fully saturated rings. The predicted octanol–water partition coefficient (Wildman–Crippen LogP) is 1.91. The normalized spacial score (nSPS) is 17.2. The molecule has 5 nitrogen and oxygen atoms in total. The number of nitrogens with one attached hydrogen (secondary N) is 2. The summed E-state index contributed by atoms with van der Waals surface area (Å²) in [5.74, 6) is 0.614. The van der Waals surface area contributed by atoms with Crippen LogP contribution in [0.1, 0.15) is 24.1 Å². The lowest BCUT2D eigenvalue weighted by Gasteiger charge is -2.29. The van der Waals surface area contributed by atoms with Crippen molar-refractivity contribution in [1.82, 2.24) is 15.2 Å². The van der Waals surface area contributed by atoms with Gasteiger partial charge in [-0.05, 0) is 64.5 Å². The van der Waals surface area contributed by atoms with Gasteiger partial charge in [0.15, 0.2) is 0 Å². The van der Waals surface area contributed by atoms with Crippen LogP contribution in [0.25, 0.3) is 0 Å². The predicted molar refractivity (Wildman–Crippen MR) is 76.4 cm³/mol. The topological polar surface area (TPSA) is 57.3 Å². The summed E-state index contributed by atoms with van der Waals surface area (Å²) >= 11 is 0. The van der Waals surface area contributed by atoms with Gasteiger partial charge in [-0.1, -0.05) is 0 Å². The average molecular weight is 262 g/mol. The van der Waals surface area contributed by atoms with Crippen molar-refractivity contribution in [1.29, 1.82) is 0 Å². The molecular weight excluding hydrogens is 240 g/mol. The van der Waals surface area contributed by atoms with Gasteiger partial charge in [0.05, 0.1) is 0 Å². The van der Waals surface area contributed by atoms with E-state index in [-0.39, 0.29) is 12.1 Å². The number of amides is 2. The Morgan fingerprint density at radius 2 is 2.00 bits per heavy atom. The van der Waals surface area contributed by atoms with E-state index in [1.807, 2.05) is 26.0 Å². The summed E-state index contributed by atoms with van der Waals surface area (Å²) in [4.78, 5) is 18.5. The van der Waals surface area contributed by atoms with Gasteiger partial charge in [-0.15, -0.1) is 0 Å². The Balaban J connectivity index is 1.87. The molecule has 5 heteroatoms. The highest BCUT2D eigenvalue weighted by molar-refractivity contribution is 5.88. The molecule has 1 aromatic rings. The molecular formula is C14H22N4O. The largest absolute Gasteiger partial charge is 0.335 e. The van der Waals surface area contributed by atoms with Crippen LogP contribution in [0.3, 0.4) is 0 Å². The van der Waals surface area contributed by atoms with E-state index in [0.717, 1.165) is 37.2 Å². The van der Waals surface area contributed by atoms with Gasteiger partial charge in [0, 0.05) is 11.7 Å². The molecule has 1 aliphatic heterocycles. The van der Waals surface area contributed by atoms with Gasteiger partial charge in [-0.25, -0.2) is 9.78 Å². The van der Waals surface area contributed by atoms with Gasteiger partial charge in [-0.3, -0.25) is 5.32 Å². The van der Waals surface area contributed by atoms with Gasteiger partial charge in [0.25, 0.3) is 0 Å². The smallest absolute Gasteiger partial charge is 0.320 e. The molecule has 1 saturated heterocycles. The van der Waals surface area contributed by atoms with Crippen molar-refractivity contribution in [3.05, 3.63) is 23.4 Å². The fourth-order valence-electron chi connectivity index (χ4n) is 2.40. The Kier molecular flexibility index (Phi) is 4.37. The molecule has 0 radical (unpaired) electrons. The van der Waals surface area contributed by atoms with Crippen molar-refractivity contribution >= 4 is 11.8 Å². The molecule has 2 N–H and O–H groups in total. The molecule has 0 spiro atoms. The summed E-state index contributed by atoms with van der Waals surface area (Å²) < 4.78 is 0.